The quantitative estimate of drug-likeness (QED) is 0.853. The van der Waals surface area contributed by atoms with Crippen LogP contribution < -0.4 is 5.32 Å². The number of nitrogens with one attached hydrogen (secondary N) is 1. The molecule has 2 amide bonds. The number of methoxy groups -OCH3 is 1. The van der Waals surface area contributed by atoms with E-state index in [4.69, 9.17) is 0 Å². The third kappa shape index (κ3) is 3.22. The molecule has 28 heavy (non-hydrogen) atoms. The number of nitrogens with zero attached hydrogens (tertiary/aromatic N) is 1. The van der Waals surface area contributed by atoms with Gasteiger partial charge in [-0.1, -0.05) is 12.1 Å². The SMILES string of the molecule is COC(=O)NC1CC(C(=O)N2CC3C(C2)C3c2cccc(C(F)(F)F)c2C)C1. The molecular weight excluding hydrogens is 373 g/mol. The van der Waals surface area contributed by atoms with Gasteiger partial charge in [-0.2, -0.15) is 13.2 Å². The van der Waals surface area contributed by atoms with Crippen LogP contribution in [0.5, 0.6) is 0 Å². The Labute approximate surface area is 161 Å². The fraction of sp³-hybridized carbons (Fsp3) is 0.600. The minimum Gasteiger partial charge on any atom is -0.453 e. The molecule has 2 unspecified atom stereocenters. The number of likely N-dealkylation sites (tertiary alicyclic amines) is 1. The van der Waals surface area contributed by atoms with E-state index in [1.54, 1.807) is 6.07 Å². The lowest BCUT2D eigenvalue weighted by molar-refractivity contribution is -0.138. The Balaban J connectivity index is 1.33. The first-order valence-corrected chi connectivity index (χ1v) is 9.50. The lowest BCUT2D eigenvalue weighted by atomic mass is 9.79. The number of ether oxygens (including phenoxy) is 1. The van der Waals surface area contributed by atoms with Crippen molar-refractivity contribution in [1.29, 1.82) is 0 Å². The molecule has 1 aliphatic heterocycles. The molecule has 152 valence electrons. The lowest BCUT2D eigenvalue weighted by Gasteiger charge is -2.37. The summed E-state index contributed by atoms with van der Waals surface area (Å²) in [4.78, 5) is 25.6. The molecule has 2 saturated carbocycles. The predicted octanol–water partition coefficient (Wildman–Crippen LogP) is 3.32. The highest BCUT2D eigenvalue weighted by Gasteiger charge is 2.58. The van der Waals surface area contributed by atoms with Crippen LogP contribution in [0.25, 0.3) is 0 Å². The predicted molar refractivity (Wildman–Crippen MR) is 94.5 cm³/mol. The second kappa shape index (κ2) is 6.67. The molecule has 8 heteroatoms. The van der Waals surface area contributed by atoms with E-state index in [-0.39, 0.29) is 35.6 Å². The van der Waals surface area contributed by atoms with Gasteiger partial charge in [0, 0.05) is 25.0 Å². The van der Waals surface area contributed by atoms with Gasteiger partial charge in [-0.3, -0.25) is 4.79 Å². The maximum atomic E-state index is 13.2. The summed E-state index contributed by atoms with van der Waals surface area (Å²) in [5, 5.41) is 2.69. The van der Waals surface area contributed by atoms with Crippen LogP contribution in [-0.2, 0) is 15.7 Å². The Kier molecular flexibility index (Phi) is 4.55. The first kappa shape index (κ1) is 19.1. The van der Waals surface area contributed by atoms with Gasteiger partial charge in [0.1, 0.15) is 0 Å². The van der Waals surface area contributed by atoms with Crippen molar-refractivity contribution in [3.05, 3.63) is 34.9 Å². The summed E-state index contributed by atoms with van der Waals surface area (Å²) in [5.41, 5.74) is 0.507. The van der Waals surface area contributed by atoms with E-state index in [1.807, 2.05) is 4.90 Å². The summed E-state index contributed by atoms with van der Waals surface area (Å²) in [6.07, 6.45) is -3.62. The van der Waals surface area contributed by atoms with E-state index in [9.17, 15) is 22.8 Å². The third-order valence-corrected chi connectivity index (χ3v) is 6.54. The van der Waals surface area contributed by atoms with Gasteiger partial charge in [0.25, 0.3) is 0 Å². The van der Waals surface area contributed by atoms with Crippen LogP contribution in [0.2, 0.25) is 0 Å². The Morgan fingerprint density at radius 2 is 1.82 bits per heavy atom. The van der Waals surface area contributed by atoms with E-state index in [0.29, 0.717) is 31.5 Å². The third-order valence-electron chi connectivity index (χ3n) is 6.54. The molecule has 1 aromatic carbocycles. The Morgan fingerprint density at radius 3 is 2.39 bits per heavy atom. The maximum absolute atomic E-state index is 13.2. The molecule has 5 nitrogen and oxygen atoms in total. The van der Waals surface area contributed by atoms with Crippen LogP contribution in [0.15, 0.2) is 18.2 Å². The van der Waals surface area contributed by atoms with Crippen LogP contribution in [-0.4, -0.2) is 43.1 Å². The van der Waals surface area contributed by atoms with Crippen LogP contribution in [0.1, 0.15) is 35.4 Å². The van der Waals surface area contributed by atoms with Crippen molar-refractivity contribution in [3.63, 3.8) is 0 Å². The Morgan fingerprint density at radius 1 is 1.18 bits per heavy atom. The zero-order valence-corrected chi connectivity index (χ0v) is 15.8. The zero-order chi connectivity index (χ0) is 20.2. The van der Waals surface area contributed by atoms with Gasteiger partial charge in [-0.05, 0) is 54.7 Å². The number of alkyl halides is 3. The number of amides is 2. The molecule has 0 radical (unpaired) electrons. The van der Waals surface area contributed by atoms with Crippen molar-refractivity contribution in [3.8, 4) is 0 Å². The molecule has 3 fully saturated rings. The molecule has 0 spiro atoms. The molecule has 0 bridgehead atoms. The number of benzene rings is 1. The van der Waals surface area contributed by atoms with Crippen molar-refractivity contribution in [2.24, 2.45) is 17.8 Å². The fourth-order valence-corrected chi connectivity index (χ4v) is 4.91. The van der Waals surface area contributed by atoms with Crippen LogP contribution in [0, 0.1) is 24.7 Å². The highest BCUT2D eigenvalue weighted by atomic mass is 19.4. The lowest BCUT2D eigenvalue weighted by Crippen LogP contribution is -2.50. The summed E-state index contributed by atoms with van der Waals surface area (Å²) >= 11 is 0. The van der Waals surface area contributed by atoms with E-state index in [2.05, 4.69) is 10.1 Å². The van der Waals surface area contributed by atoms with Gasteiger partial charge in [0.05, 0.1) is 12.7 Å². The minimum atomic E-state index is -4.34. The maximum Gasteiger partial charge on any atom is 0.416 e. The second-order valence-electron chi connectivity index (χ2n) is 8.12. The minimum absolute atomic E-state index is 0.0287. The number of halogens is 3. The fourth-order valence-electron chi connectivity index (χ4n) is 4.91. The largest absolute Gasteiger partial charge is 0.453 e. The molecule has 1 heterocycles. The number of fused-ring (bicyclic) bond motifs is 1. The van der Waals surface area contributed by atoms with Gasteiger partial charge in [-0.25, -0.2) is 4.79 Å². The summed E-state index contributed by atoms with van der Waals surface area (Å²) in [5.74, 6) is 0.606. The number of hydrogen-bond acceptors (Lipinski definition) is 3. The van der Waals surface area contributed by atoms with Crippen molar-refractivity contribution < 1.29 is 27.5 Å². The summed E-state index contributed by atoms with van der Waals surface area (Å²) in [6.45, 7) is 2.75. The smallest absolute Gasteiger partial charge is 0.416 e. The van der Waals surface area contributed by atoms with E-state index < -0.39 is 17.8 Å². The molecule has 2 atom stereocenters. The highest BCUT2D eigenvalue weighted by molar-refractivity contribution is 5.81. The van der Waals surface area contributed by atoms with Gasteiger partial charge in [0.15, 0.2) is 0 Å². The van der Waals surface area contributed by atoms with Gasteiger partial charge >= 0.3 is 12.3 Å². The van der Waals surface area contributed by atoms with E-state index in [1.165, 1.54) is 20.1 Å². The Bertz CT molecular complexity index is 792. The summed E-state index contributed by atoms with van der Waals surface area (Å²) in [6, 6.07) is 4.36. The number of alkyl carbamates (subject to hydrolysis) is 1. The number of hydrogen-bond donors (Lipinski definition) is 1. The average Bonchev–Trinajstić information content (AvgIpc) is 3.08. The average molecular weight is 396 g/mol. The second-order valence-corrected chi connectivity index (χ2v) is 8.12. The van der Waals surface area contributed by atoms with Gasteiger partial charge in [-0.15, -0.1) is 0 Å². The number of rotatable bonds is 3. The molecule has 1 N–H and O–H groups in total. The molecule has 4 rings (SSSR count). The standard InChI is InChI=1S/C20H23F3N2O3/c1-10-13(4-3-5-16(10)20(21,22)23)17-14-8-25(9-15(14)17)18(26)11-6-12(7-11)24-19(27)28-2/h3-5,11-12,14-15,17H,6-9H2,1-2H3,(H,24,27). The monoisotopic (exact) mass is 396 g/mol. The molecule has 1 saturated heterocycles. The summed E-state index contributed by atoms with van der Waals surface area (Å²) in [7, 11) is 1.30. The number of carbonyl (C=O) groups is 2. The summed E-state index contributed by atoms with van der Waals surface area (Å²) < 4.78 is 44.0. The van der Waals surface area contributed by atoms with Crippen LogP contribution in [0.4, 0.5) is 18.0 Å². The van der Waals surface area contributed by atoms with Gasteiger partial charge in [0.2, 0.25) is 5.91 Å². The van der Waals surface area contributed by atoms with Crippen molar-refractivity contribution in [2.45, 2.75) is 37.9 Å². The topological polar surface area (TPSA) is 58.6 Å². The zero-order valence-electron chi connectivity index (χ0n) is 15.8. The van der Waals surface area contributed by atoms with Gasteiger partial charge < -0.3 is 15.0 Å². The first-order chi connectivity index (χ1) is 13.2. The van der Waals surface area contributed by atoms with E-state index in [0.717, 1.165) is 11.6 Å². The normalized spacial score (nSPS) is 31.0. The number of carbonyl (C=O) groups excluding carboxylic acids is 2. The molecule has 0 aromatic heterocycles. The van der Waals surface area contributed by atoms with Crippen LogP contribution >= 0.6 is 0 Å². The Hall–Kier alpha value is -2.25. The molecular formula is C20H23F3N2O3. The number of piperidine rings is 1. The molecule has 1 aromatic rings. The molecule has 3 aliphatic rings. The van der Waals surface area contributed by atoms with Crippen molar-refractivity contribution in [1.82, 2.24) is 10.2 Å². The van der Waals surface area contributed by atoms with E-state index >= 15 is 0 Å². The van der Waals surface area contributed by atoms with Crippen LogP contribution in [0.3, 0.4) is 0 Å². The highest BCUT2D eigenvalue weighted by Crippen LogP contribution is 2.59. The van der Waals surface area contributed by atoms with Crippen molar-refractivity contribution >= 4 is 12.0 Å². The van der Waals surface area contributed by atoms with Crippen molar-refractivity contribution in [2.75, 3.05) is 20.2 Å². The first-order valence-electron chi connectivity index (χ1n) is 9.50. The molecule has 2 aliphatic carbocycles.